The molecule has 1 atom stereocenters. The summed E-state index contributed by atoms with van der Waals surface area (Å²) in [6.45, 7) is 2.48. The van der Waals surface area contributed by atoms with Crippen LogP contribution in [0.4, 0.5) is 0 Å². The molecular formula is C20H21N3O5. The molecule has 1 aliphatic heterocycles. The van der Waals surface area contributed by atoms with E-state index in [9.17, 15) is 4.79 Å². The van der Waals surface area contributed by atoms with Gasteiger partial charge in [-0.15, -0.1) is 0 Å². The average Bonchev–Trinajstić information content (AvgIpc) is 3.46. The van der Waals surface area contributed by atoms with Crippen molar-refractivity contribution >= 4 is 5.91 Å². The molecule has 0 N–H and O–H groups in total. The summed E-state index contributed by atoms with van der Waals surface area (Å²) in [5.74, 6) is 2.22. The van der Waals surface area contributed by atoms with Crippen LogP contribution in [0.15, 0.2) is 39.4 Å². The van der Waals surface area contributed by atoms with Crippen molar-refractivity contribution < 1.29 is 23.3 Å². The molecule has 1 fully saturated rings. The minimum Gasteiger partial charge on any atom is -0.493 e. The lowest BCUT2D eigenvalue weighted by Gasteiger charge is -2.21. The van der Waals surface area contributed by atoms with E-state index in [1.807, 2.05) is 19.1 Å². The molecule has 8 heteroatoms. The second-order valence-corrected chi connectivity index (χ2v) is 6.67. The van der Waals surface area contributed by atoms with Crippen LogP contribution in [0, 0.1) is 6.92 Å². The molecule has 1 amide bonds. The standard InChI is InChI=1S/C20H21N3O5/c1-12-9-14(21-27-12)16-5-4-8-23(16)20(24)15-11-18(28-22-15)13-6-7-17(25-2)19(10-13)26-3/h6-7,9-11,16H,4-5,8H2,1-3H3/t16-/m0/s1. The van der Waals surface area contributed by atoms with Gasteiger partial charge < -0.3 is 23.4 Å². The van der Waals surface area contributed by atoms with Crippen LogP contribution in [-0.4, -0.2) is 41.9 Å². The molecule has 1 saturated heterocycles. The summed E-state index contributed by atoms with van der Waals surface area (Å²) in [6.07, 6.45) is 1.75. The van der Waals surface area contributed by atoms with Crippen molar-refractivity contribution in [2.24, 2.45) is 0 Å². The van der Waals surface area contributed by atoms with E-state index in [1.165, 1.54) is 0 Å². The van der Waals surface area contributed by atoms with Crippen molar-refractivity contribution in [1.82, 2.24) is 15.2 Å². The van der Waals surface area contributed by atoms with E-state index in [1.54, 1.807) is 37.3 Å². The number of aryl methyl sites for hydroxylation is 1. The summed E-state index contributed by atoms with van der Waals surface area (Å²) in [6, 6.07) is 8.80. The van der Waals surface area contributed by atoms with Gasteiger partial charge in [-0.3, -0.25) is 4.79 Å². The molecule has 3 aromatic rings. The molecule has 0 bridgehead atoms. The van der Waals surface area contributed by atoms with Crippen molar-refractivity contribution in [3.05, 3.63) is 47.5 Å². The first kappa shape index (κ1) is 18.1. The maximum atomic E-state index is 13.0. The van der Waals surface area contributed by atoms with E-state index in [4.69, 9.17) is 18.5 Å². The van der Waals surface area contributed by atoms with Gasteiger partial charge >= 0.3 is 0 Å². The summed E-state index contributed by atoms with van der Waals surface area (Å²) in [4.78, 5) is 14.8. The minimum absolute atomic E-state index is 0.105. The van der Waals surface area contributed by atoms with Crippen molar-refractivity contribution in [2.45, 2.75) is 25.8 Å². The Morgan fingerprint density at radius 2 is 1.93 bits per heavy atom. The monoisotopic (exact) mass is 383 g/mol. The number of hydrogen-bond acceptors (Lipinski definition) is 7. The van der Waals surface area contributed by atoms with Crippen molar-refractivity contribution in [1.29, 1.82) is 0 Å². The van der Waals surface area contributed by atoms with Crippen LogP contribution in [0.5, 0.6) is 11.5 Å². The Labute approximate surface area is 162 Å². The summed E-state index contributed by atoms with van der Waals surface area (Å²) >= 11 is 0. The number of nitrogens with zero attached hydrogens (tertiary/aromatic N) is 3. The number of carbonyl (C=O) groups excluding carboxylic acids is 1. The third kappa shape index (κ3) is 3.21. The number of amides is 1. The maximum Gasteiger partial charge on any atom is 0.276 e. The van der Waals surface area contributed by atoms with Gasteiger partial charge in [-0.1, -0.05) is 10.3 Å². The van der Waals surface area contributed by atoms with Crippen LogP contribution < -0.4 is 9.47 Å². The number of likely N-dealkylation sites (tertiary alicyclic amines) is 1. The van der Waals surface area contributed by atoms with Gasteiger partial charge in [-0.25, -0.2) is 0 Å². The maximum absolute atomic E-state index is 13.0. The lowest BCUT2D eigenvalue weighted by molar-refractivity contribution is 0.0720. The van der Waals surface area contributed by atoms with Gasteiger partial charge in [0.1, 0.15) is 11.5 Å². The van der Waals surface area contributed by atoms with Gasteiger partial charge in [0, 0.05) is 24.2 Å². The molecule has 0 aliphatic carbocycles. The van der Waals surface area contributed by atoms with Crippen molar-refractivity contribution in [3.63, 3.8) is 0 Å². The molecule has 1 aromatic carbocycles. The average molecular weight is 383 g/mol. The largest absolute Gasteiger partial charge is 0.493 e. The highest BCUT2D eigenvalue weighted by Crippen LogP contribution is 2.35. The molecule has 3 heterocycles. The number of hydrogen-bond donors (Lipinski definition) is 0. The fraction of sp³-hybridized carbons (Fsp3) is 0.350. The first-order valence-electron chi connectivity index (χ1n) is 9.04. The molecule has 146 valence electrons. The normalized spacial score (nSPS) is 16.4. The Balaban J connectivity index is 1.58. The van der Waals surface area contributed by atoms with Crippen LogP contribution in [0.2, 0.25) is 0 Å². The lowest BCUT2D eigenvalue weighted by Crippen LogP contribution is -2.30. The van der Waals surface area contributed by atoms with Crippen molar-refractivity contribution in [3.8, 4) is 22.8 Å². The van der Waals surface area contributed by atoms with Crippen LogP contribution in [0.3, 0.4) is 0 Å². The highest BCUT2D eigenvalue weighted by atomic mass is 16.5. The van der Waals surface area contributed by atoms with E-state index in [0.29, 0.717) is 23.8 Å². The number of methoxy groups -OCH3 is 2. The highest BCUT2D eigenvalue weighted by molar-refractivity contribution is 5.93. The van der Waals surface area contributed by atoms with Gasteiger partial charge in [0.25, 0.3) is 5.91 Å². The Hall–Kier alpha value is -3.29. The molecule has 8 nitrogen and oxygen atoms in total. The number of benzene rings is 1. The fourth-order valence-electron chi connectivity index (χ4n) is 3.51. The van der Waals surface area contributed by atoms with E-state index in [0.717, 1.165) is 29.9 Å². The number of carbonyl (C=O) groups is 1. The third-order valence-corrected chi connectivity index (χ3v) is 4.90. The molecule has 0 radical (unpaired) electrons. The van der Waals surface area contributed by atoms with Gasteiger partial charge in [-0.05, 0) is 38.0 Å². The predicted molar refractivity (Wildman–Crippen MR) is 99.3 cm³/mol. The van der Waals surface area contributed by atoms with Crippen LogP contribution in [0.25, 0.3) is 11.3 Å². The van der Waals surface area contributed by atoms with Crippen molar-refractivity contribution in [2.75, 3.05) is 20.8 Å². The minimum atomic E-state index is -0.182. The van der Waals surface area contributed by atoms with Gasteiger partial charge in [0.05, 0.1) is 20.3 Å². The van der Waals surface area contributed by atoms with E-state index in [-0.39, 0.29) is 17.6 Å². The zero-order valence-corrected chi connectivity index (χ0v) is 16.0. The van der Waals surface area contributed by atoms with Crippen LogP contribution in [0.1, 0.15) is 40.8 Å². The summed E-state index contributed by atoms with van der Waals surface area (Å²) in [5.41, 5.74) is 1.78. The molecule has 28 heavy (non-hydrogen) atoms. The third-order valence-electron chi connectivity index (χ3n) is 4.90. The van der Waals surface area contributed by atoms with Gasteiger partial charge in [-0.2, -0.15) is 0 Å². The molecule has 0 unspecified atom stereocenters. The van der Waals surface area contributed by atoms with E-state index >= 15 is 0 Å². The zero-order chi connectivity index (χ0) is 19.7. The Morgan fingerprint density at radius 1 is 1.11 bits per heavy atom. The summed E-state index contributed by atoms with van der Waals surface area (Å²) < 4.78 is 21.2. The number of ether oxygens (including phenoxy) is 2. The Bertz CT molecular complexity index is 993. The fourth-order valence-corrected chi connectivity index (χ4v) is 3.51. The first-order valence-corrected chi connectivity index (χ1v) is 9.04. The second kappa shape index (κ2) is 7.38. The smallest absolute Gasteiger partial charge is 0.276 e. The SMILES string of the molecule is COc1ccc(-c2cc(C(=O)N3CCC[C@H]3c3cc(C)on3)no2)cc1OC. The number of aromatic nitrogens is 2. The van der Waals surface area contributed by atoms with E-state index < -0.39 is 0 Å². The first-order chi connectivity index (χ1) is 13.6. The number of rotatable bonds is 5. The molecule has 4 rings (SSSR count). The topological polar surface area (TPSA) is 90.8 Å². The second-order valence-electron chi connectivity index (χ2n) is 6.67. The zero-order valence-electron chi connectivity index (χ0n) is 16.0. The summed E-state index contributed by atoms with van der Waals surface area (Å²) in [5, 5.41) is 8.06. The van der Waals surface area contributed by atoms with E-state index in [2.05, 4.69) is 10.3 Å². The lowest BCUT2D eigenvalue weighted by atomic mass is 10.1. The molecule has 2 aromatic heterocycles. The van der Waals surface area contributed by atoms with Gasteiger partial charge in [0.2, 0.25) is 0 Å². The summed E-state index contributed by atoms with van der Waals surface area (Å²) in [7, 11) is 3.14. The Kier molecular flexibility index (Phi) is 4.77. The molecule has 1 aliphatic rings. The predicted octanol–water partition coefficient (Wildman–Crippen LogP) is 3.63. The highest BCUT2D eigenvalue weighted by Gasteiger charge is 2.34. The quantitative estimate of drug-likeness (QED) is 0.664. The van der Waals surface area contributed by atoms with Crippen LogP contribution in [-0.2, 0) is 0 Å². The Morgan fingerprint density at radius 3 is 2.64 bits per heavy atom. The molecule has 0 spiro atoms. The van der Waals surface area contributed by atoms with Gasteiger partial charge in [0.15, 0.2) is 23.0 Å². The van der Waals surface area contributed by atoms with Crippen LogP contribution >= 0.6 is 0 Å². The molecular weight excluding hydrogens is 362 g/mol. The molecule has 0 saturated carbocycles.